The van der Waals surface area contributed by atoms with Crippen molar-refractivity contribution in [3.63, 3.8) is 0 Å². The van der Waals surface area contributed by atoms with Crippen molar-refractivity contribution in [2.75, 3.05) is 44.2 Å². The van der Waals surface area contributed by atoms with E-state index in [1.54, 1.807) is 37.5 Å². The number of β-amino-alcohol motifs (C(OH)–C–C–N with tert-alkyl or cyclic N) is 1. The third kappa shape index (κ3) is 4.14. The summed E-state index contributed by atoms with van der Waals surface area (Å²) in [5.41, 5.74) is 4.13. The molecule has 3 aliphatic rings. The molecule has 3 heterocycles. The highest BCUT2D eigenvalue weighted by Crippen LogP contribution is 2.57. The summed E-state index contributed by atoms with van der Waals surface area (Å²) in [5.74, 6) is 0.297. The molecule has 36 heavy (non-hydrogen) atoms. The van der Waals surface area contributed by atoms with Gasteiger partial charge in [-0.2, -0.15) is 0 Å². The molecule has 8 heteroatoms. The number of aliphatic hydroxyl groups is 1. The molecule has 2 aliphatic heterocycles. The molecule has 186 valence electrons. The van der Waals surface area contributed by atoms with Crippen LogP contribution in [-0.2, 0) is 5.41 Å². The Morgan fingerprint density at radius 3 is 2.47 bits per heavy atom. The number of rotatable bonds is 5. The number of hydrogen-bond donors (Lipinski definition) is 1. The van der Waals surface area contributed by atoms with Gasteiger partial charge in [0, 0.05) is 79.5 Å². The van der Waals surface area contributed by atoms with Crippen LogP contribution in [0.15, 0.2) is 54.9 Å². The number of amides is 1. The van der Waals surface area contributed by atoms with Crippen molar-refractivity contribution in [2.45, 2.75) is 31.3 Å². The van der Waals surface area contributed by atoms with Crippen molar-refractivity contribution >= 4 is 17.5 Å². The Kier molecular flexibility index (Phi) is 5.73. The highest BCUT2D eigenvalue weighted by molar-refractivity contribution is 5.96. The topological polar surface area (TPSA) is 72.8 Å². The summed E-state index contributed by atoms with van der Waals surface area (Å²) in [4.78, 5) is 28.7. The molecular formula is C28H30FN5O2. The van der Waals surface area contributed by atoms with Crippen LogP contribution in [0.3, 0.4) is 0 Å². The fraction of sp³-hybridized carbons (Fsp3) is 0.393. The summed E-state index contributed by atoms with van der Waals surface area (Å²) in [5, 5.41) is 9.65. The van der Waals surface area contributed by atoms with E-state index in [1.165, 1.54) is 11.6 Å². The predicted molar refractivity (Wildman–Crippen MR) is 136 cm³/mol. The van der Waals surface area contributed by atoms with Crippen LogP contribution in [0, 0.1) is 5.82 Å². The maximum absolute atomic E-state index is 14.2. The zero-order valence-corrected chi connectivity index (χ0v) is 20.4. The second-order valence-corrected chi connectivity index (χ2v) is 10.3. The third-order valence-electron chi connectivity index (χ3n) is 7.67. The molecular weight excluding hydrogens is 457 g/mol. The molecule has 3 aromatic rings. The number of aliphatic hydroxyl groups excluding tert-OH is 1. The van der Waals surface area contributed by atoms with Gasteiger partial charge in [-0.3, -0.25) is 9.69 Å². The average Bonchev–Trinajstić information content (AvgIpc) is 3.60. The minimum absolute atomic E-state index is 0.0296. The van der Waals surface area contributed by atoms with Crippen LogP contribution in [-0.4, -0.2) is 76.2 Å². The van der Waals surface area contributed by atoms with Crippen molar-refractivity contribution in [3.8, 4) is 11.1 Å². The predicted octanol–water partition coefficient (Wildman–Crippen LogP) is 3.60. The summed E-state index contributed by atoms with van der Waals surface area (Å²) in [7, 11) is 0. The van der Waals surface area contributed by atoms with Gasteiger partial charge in [0.25, 0.3) is 5.91 Å². The van der Waals surface area contributed by atoms with Crippen LogP contribution < -0.4 is 4.90 Å². The fourth-order valence-electron chi connectivity index (χ4n) is 5.55. The van der Waals surface area contributed by atoms with Gasteiger partial charge < -0.3 is 14.9 Å². The summed E-state index contributed by atoms with van der Waals surface area (Å²) in [6.07, 6.45) is 5.19. The van der Waals surface area contributed by atoms with Gasteiger partial charge in [0.2, 0.25) is 5.95 Å². The molecule has 6 rings (SSSR count). The number of piperazine rings is 1. The van der Waals surface area contributed by atoms with E-state index < -0.39 is 0 Å². The largest absolute Gasteiger partial charge is 0.392 e. The average molecular weight is 488 g/mol. The molecule has 1 amide bonds. The van der Waals surface area contributed by atoms with Crippen LogP contribution in [0.4, 0.5) is 16.0 Å². The number of nitrogens with zero attached hydrogens (tertiary/aromatic N) is 5. The maximum atomic E-state index is 14.2. The number of aromatic nitrogens is 2. The second kappa shape index (κ2) is 8.94. The quantitative estimate of drug-likeness (QED) is 0.593. The monoisotopic (exact) mass is 487 g/mol. The normalized spacial score (nSPS) is 19.4. The molecule has 0 bridgehead atoms. The van der Waals surface area contributed by atoms with Crippen molar-refractivity contribution in [2.24, 2.45) is 0 Å². The van der Waals surface area contributed by atoms with E-state index >= 15 is 0 Å². The van der Waals surface area contributed by atoms with Gasteiger partial charge in [0.1, 0.15) is 5.82 Å². The summed E-state index contributed by atoms with van der Waals surface area (Å²) in [6, 6.07) is 12.7. The first-order valence-corrected chi connectivity index (χ1v) is 12.6. The summed E-state index contributed by atoms with van der Waals surface area (Å²) < 4.78 is 14.2. The minimum Gasteiger partial charge on any atom is -0.392 e. The number of hydrogen-bond acceptors (Lipinski definition) is 6. The van der Waals surface area contributed by atoms with Crippen LogP contribution in [0.1, 0.15) is 35.7 Å². The Morgan fingerprint density at radius 2 is 1.81 bits per heavy atom. The molecule has 0 radical (unpaired) electrons. The number of anilines is 2. The molecule has 1 N–H and O–H groups in total. The van der Waals surface area contributed by atoms with Crippen molar-refractivity contribution in [3.05, 3.63) is 71.8 Å². The Balaban J connectivity index is 1.24. The molecule has 1 aromatic heterocycles. The van der Waals surface area contributed by atoms with Crippen LogP contribution in [0.2, 0.25) is 0 Å². The third-order valence-corrected chi connectivity index (χ3v) is 7.67. The van der Waals surface area contributed by atoms with Gasteiger partial charge in [-0.1, -0.05) is 24.3 Å². The highest BCUT2D eigenvalue weighted by atomic mass is 19.1. The summed E-state index contributed by atoms with van der Waals surface area (Å²) in [6.45, 7) is 6.04. The fourth-order valence-corrected chi connectivity index (χ4v) is 5.55. The molecule has 1 saturated heterocycles. The number of carbonyl (C=O) groups excluding carboxylic acids is 1. The van der Waals surface area contributed by atoms with Crippen LogP contribution in [0.25, 0.3) is 11.1 Å². The SMILES string of the molecule is C[C@@H](O)CN1CCN(C(=O)c2ccc3c(c2)N(c2ncc(-c4ccccc4F)cn2)CC32CC2)CC1. The lowest BCUT2D eigenvalue weighted by Crippen LogP contribution is -2.50. The van der Waals surface area contributed by atoms with E-state index in [0.717, 1.165) is 38.2 Å². The number of benzene rings is 2. The molecule has 1 aliphatic carbocycles. The Morgan fingerprint density at radius 1 is 1.08 bits per heavy atom. The molecule has 2 aromatic carbocycles. The van der Waals surface area contributed by atoms with Crippen molar-refractivity contribution in [1.82, 2.24) is 19.8 Å². The molecule has 1 saturated carbocycles. The first-order valence-electron chi connectivity index (χ1n) is 12.6. The lowest BCUT2D eigenvalue weighted by atomic mass is 9.97. The van der Waals surface area contributed by atoms with E-state index in [2.05, 4.69) is 25.8 Å². The summed E-state index contributed by atoms with van der Waals surface area (Å²) >= 11 is 0. The van der Waals surface area contributed by atoms with Gasteiger partial charge in [-0.05, 0) is 43.5 Å². The standard InChI is InChI=1S/C28H30FN5O2/c1-19(35)17-32-10-12-33(13-11-32)26(36)20-6-7-23-25(14-20)34(18-28(23)8-9-28)27-30-15-21(16-31-27)22-4-2-3-5-24(22)29/h2-7,14-16,19,35H,8-13,17-18H2,1H3/t19-/m1/s1. The van der Waals surface area contributed by atoms with E-state index in [9.17, 15) is 14.3 Å². The van der Waals surface area contributed by atoms with E-state index in [1.807, 2.05) is 17.0 Å². The molecule has 7 nitrogen and oxygen atoms in total. The Labute approximate surface area is 210 Å². The van der Waals surface area contributed by atoms with Gasteiger partial charge in [-0.25, -0.2) is 14.4 Å². The molecule has 1 spiro atoms. The minimum atomic E-state index is -0.368. The number of carbonyl (C=O) groups is 1. The van der Waals surface area contributed by atoms with Crippen LogP contribution >= 0.6 is 0 Å². The zero-order chi connectivity index (χ0) is 24.9. The van der Waals surface area contributed by atoms with Crippen LogP contribution in [0.5, 0.6) is 0 Å². The van der Waals surface area contributed by atoms with E-state index in [-0.39, 0.29) is 23.2 Å². The maximum Gasteiger partial charge on any atom is 0.254 e. The van der Waals surface area contributed by atoms with Crippen molar-refractivity contribution in [1.29, 1.82) is 0 Å². The first kappa shape index (κ1) is 23.1. The lowest BCUT2D eigenvalue weighted by Gasteiger charge is -2.35. The van der Waals surface area contributed by atoms with Gasteiger partial charge in [0.15, 0.2) is 0 Å². The van der Waals surface area contributed by atoms with Gasteiger partial charge in [-0.15, -0.1) is 0 Å². The second-order valence-electron chi connectivity index (χ2n) is 10.3. The molecule has 0 unspecified atom stereocenters. The smallest absolute Gasteiger partial charge is 0.254 e. The van der Waals surface area contributed by atoms with Crippen molar-refractivity contribution < 1.29 is 14.3 Å². The molecule has 1 atom stereocenters. The highest BCUT2D eigenvalue weighted by Gasteiger charge is 2.52. The van der Waals surface area contributed by atoms with E-state index in [0.29, 0.717) is 42.3 Å². The molecule has 2 fully saturated rings. The first-order chi connectivity index (χ1) is 17.4. The zero-order valence-electron chi connectivity index (χ0n) is 20.4. The van der Waals surface area contributed by atoms with Gasteiger partial charge in [0.05, 0.1) is 6.10 Å². The lowest BCUT2D eigenvalue weighted by molar-refractivity contribution is 0.0554. The Bertz CT molecular complexity index is 1280. The Hall–Kier alpha value is -3.36. The number of fused-ring (bicyclic) bond motifs is 2. The van der Waals surface area contributed by atoms with Gasteiger partial charge >= 0.3 is 0 Å². The van der Waals surface area contributed by atoms with E-state index in [4.69, 9.17) is 0 Å². The number of halogens is 1.